The van der Waals surface area contributed by atoms with E-state index in [1.54, 1.807) is 13.8 Å². The Morgan fingerprint density at radius 3 is 2.16 bits per heavy atom. The molecule has 1 amide bonds. The normalized spacial score (nSPS) is 18.8. The molecule has 0 saturated heterocycles. The fourth-order valence-electron chi connectivity index (χ4n) is 4.96. The zero-order valence-corrected chi connectivity index (χ0v) is 20.4. The smallest absolute Gasteiger partial charge is 0.416 e. The van der Waals surface area contributed by atoms with Gasteiger partial charge >= 0.3 is 18.2 Å². The highest BCUT2D eigenvalue weighted by Gasteiger charge is 2.41. The van der Waals surface area contributed by atoms with E-state index in [4.69, 9.17) is 4.74 Å². The number of hydrogen-bond acceptors (Lipinski definition) is 3. The summed E-state index contributed by atoms with van der Waals surface area (Å²) in [6.45, 7) is 3.26. The zero-order chi connectivity index (χ0) is 28.4. The summed E-state index contributed by atoms with van der Waals surface area (Å²) < 4.78 is 99.7. The molecule has 2 aromatic rings. The topological polar surface area (TPSA) is 66.8 Å². The van der Waals surface area contributed by atoms with Gasteiger partial charge in [0.1, 0.15) is 0 Å². The number of carboxylic acid groups (broad SMARTS) is 1. The molecule has 1 heterocycles. The van der Waals surface area contributed by atoms with E-state index in [-0.39, 0.29) is 43.2 Å². The van der Waals surface area contributed by atoms with Gasteiger partial charge in [-0.25, -0.2) is 22.4 Å². The molecule has 0 aliphatic carbocycles. The van der Waals surface area contributed by atoms with Gasteiger partial charge < -0.3 is 9.84 Å². The van der Waals surface area contributed by atoms with E-state index in [0.29, 0.717) is 6.07 Å². The van der Waals surface area contributed by atoms with Crippen molar-refractivity contribution in [3.05, 3.63) is 64.2 Å². The van der Waals surface area contributed by atoms with Crippen molar-refractivity contribution in [3.8, 4) is 0 Å². The fourth-order valence-corrected chi connectivity index (χ4v) is 4.96. The fraction of sp³-hybridized carbons (Fsp3) is 0.462. The van der Waals surface area contributed by atoms with Crippen LogP contribution in [0, 0.1) is 5.92 Å². The van der Waals surface area contributed by atoms with Crippen LogP contribution in [0.4, 0.5) is 41.2 Å². The van der Waals surface area contributed by atoms with Gasteiger partial charge in [-0.15, -0.1) is 0 Å². The third-order valence-electron chi connectivity index (χ3n) is 6.63. The summed E-state index contributed by atoms with van der Waals surface area (Å²) in [5, 5.41) is 10.1. The van der Waals surface area contributed by atoms with Crippen molar-refractivity contribution in [2.45, 2.75) is 64.1 Å². The number of nitrogens with zero attached hydrogens (tertiary/aromatic N) is 1. The van der Waals surface area contributed by atoms with Gasteiger partial charge in [0.2, 0.25) is 0 Å². The second-order valence-electron chi connectivity index (χ2n) is 9.02. The van der Waals surface area contributed by atoms with Gasteiger partial charge in [-0.1, -0.05) is 13.0 Å². The lowest BCUT2D eigenvalue weighted by Gasteiger charge is -2.31. The summed E-state index contributed by atoms with van der Waals surface area (Å²) in [6.07, 6.45) is -12.0. The van der Waals surface area contributed by atoms with Crippen molar-refractivity contribution in [1.82, 2.24) is 0 Å². The Morgan fingerprint density at radius 1 is 1.00 bits per heavy atom. The van der Waals surface area contributed by atoms with Crippen molar-refractivity contribution in [2.75, 3.05) is 11.5 Å². The largest absolute Gasteiger partial charge is 0.481 e. The molecule has 0 unspecified atom stereocenters. The predicted molar refractivity (Wildman–Crippen MR) is 124 cm³/mol. The second kappa shape index (κ2) is 11.6. The molecule has 1 aliphatic rings. The van der Waals surface area contributed by atoms with Gasteiger partial charge in [0.25, 0.3) is 12.9 Å². The van der Waals surface area contributed by atoms with Gasteiger partial charge in [0.15, 0.2) is 0 Å². The maximum Gasteiger partial charge on any atom is 0.416 e. The highest BCUT2D eigenvalue weighted by atomic mass is 19.4. The van der Waals surface area contributed by atoms with Crippen LogP contribution in [0.15, 0.2) is 36.4 Å². The lowest BCUT2D eigenvalue weighted by molar-refractivity contribution is -0.141. The summed E-state index contributed by atoms with van der Waals surface area (Å²) in [4.78, 5) is 26.6. The molecule has 5 nitrogen and oxygen atoms in total. The van der Waals surface area contributed by atoms with Gasteiger partial charge in [-0.3, -0.25) is 9.69 Å². The third-order valence-corrected chi connectivity index (χ3v) is 6.63. The number of fused-ring (bicyclic) bond motifs is 1. The van der Waals surface area contributed by atoms with Gasteiger partial charge in [-0.2, -0.15) is 13.2 Å². The van der Waals surface area contributed by atoms with Crippen LogP contribution in [0.5, 0.6) is 0 Å². The molecule has 0 radical (unpaired) electrons. The Morgan fingerprint density at radius 2 is 1.63 bits per heavy atom. The van der Waals surface area contributed by atoms with Crippen molar-refractivity contribution in [1.29, 1.82) is 0 Å². The van der Waals surface area contributed by atoms with E-state index >= 15 is 0 Å². The van der Waals surface area contributed by atoms with Crippen molar-refractivity contribution in [3.63, 3.8) is 0 Å². The molecule has 2 aromatic carbocycles. The number of carboxylic acids is 1. The molecule has 0 bridgehead atoms. The number of amides is 1. The lowest BCUT2D eigenvalue weighted by Crippen LogP contribution is -2.41. The van der Waals surface area contributed by atoms with E-state index < -0.39 is 71.2 Å². The van der Waals surface area contributed by atoms with E-state index in [0.717, 1.165) is 18.2 Å². The van der Waals surface area contributed by atoms with Crippen molar-refractivity contribution < 1.29 is 50.2 Å². The molecule has 0 aromatic heterocycles. The minimum atomic E-state index is -5.02. The number of alkyl halides is 7. The SMILES string of the molecule is CCOC(=O)N1c2ccc(C(F)F)cc2C[C@@H]([C@H](C(=O)O)c2cc(C(F)F)cc(C(F)(F)F)c2)C[C@H]1CC. The first-order chi connectivity index (χ1) is 17.8. The summed E-state index contributed by atoms with van der Waals surface area (Å²) in [5.74, 6) is -4.30. The monoisotopic (exact) mass is 549 g/mol. The first kappa shape index (κ1) is 29.2. The molecule has 0 saturated carbocycles. The van der Waals surface area contributed by atoms with E-state index in [1.165, 1.54) is 11.0 Å². The number of ether oxygens (including phenoxy) is 1. The molecular weight excluding hydrogens is 523 g/mol. The molecule has 1 N–H and O–H groups in total. The molecule has 3 rings (SSSR count). The van der Waals surface area contributed by atoms with E-state index in [2.05, 4.69) is 0 Å². The molecule has 208 valence electrons. The molecular formula is C26H26F7NO4. The standard InChI is InChI=1S/C26H26F7NO4/c1-3-19-12-16(8-14-7-13(22(27)28)5-6-20(14)34(19)25(37)38-4-2)21(24(35)36)15-9-17(23(29)30)11-18(10-15)26(31,32)33/h5-7,9-11,16,19,21-23H,3-4,8,12H2,1-2H3,(H,35,36)/t16-,19-,21-/m1/s1. The molecule has 38 heavy (non-hydrogen) atoms. The molecule has 0 fully saturated rings. The van der Waals surface area contributed by atoms with E-state index in [9.17, 15) is 45.4 Å². The number of carbonyl (C=O) groups excluding carboxylic acids is 1. The summed E-state index contributed by atoms with van der Waals surface area (Å²) in [6, 6.07) is 4.35. The van der Waals surface area contributed by atoms with Crippen LogP contribution in [-0.4, -0.2) is 29.8 Å². The zero-order valence-electron chi connectivity index (χ0n) is 20.4. The number of halogens is 7. The quantitative estimate of drug-likeness (QED) is 0.359. The third kappa shape index (κ3) is 6.21. The maximum absolute atomic E-state index is 13.5. The average Bonchev–Trinajstić information content (AvgIpc) is 2.99. The Kier molecular flexibility index (Phi) is 8.94. The number of rotatable bonds is 7. The van der Waals surface area contributed by atoms with Crippen LogP contribution in [0.1, 0.15) is 73.3 Å². The maximum atomic E-state index is 13.5. The highest BCUT2D eigenvalue weighted by Crippen LogP contribution is 2.43. The summed E-state index contributed by atoms with van der Waals surface area (Å²) in [5.41, 5.74) is -2.92. The van der Waals surface area contributed by atoms with Gasteiger partial charge in [-0.05, 0) is 73.6 Å². The number of anilines is 1. The first-order valence-electron chi connectivity index (χ1n) is 11.9. The number of carbonyl (C=O) groups is 2. The van der Waals surface area contributed by atoms with Crippen LogP contribution in [0.3, 0.4) is 0 Å². The highest BCUT2D eigenvalue weighted by molar-refractivity contribution is 5.90. The van der Waals surface area contributed by atoms with Crippen LogP contribution >= 0.6 is 0 Å². The Labute approximate surface area is 214 Å². The summed E-state index contributed by atoms with van der Waals surface area (Å²) >= 11 is 0. The number of hydrogen-bond donors (Lipinski definition) is 1. The number of aliphatic carboxylic acids is 1. The van der Waals surface area contributed by atoms with Crippen molar-refractivity contribution in [2.24, 2.45) is 5.92 Å². The Balaban J connectivity index is 2.21. The molecule has 0 spiro atoms. The Hall–Kier alpha value is -3.31. The van der Waals surface area contributed by atoms with E-state index in [1.807, 2.05) is 0 Å². The van der Waals surface area contributed by atoms with Gasteiger partial charge in [0, 0.05) is 17.2 Å². The molecule has 1 aliphatic heterocycles. The molecule has 12 heteroatoms. The minimum Gasteiger partial charge on any atom is -0.481 e. The van der Waals surface area contributed by atoms with Crippen molar-refractivity contribution >= 4 is 17.7 Å². The minimum absolute atomic E-state index is 0.00195. The predicted octanol–water partition coefficient (Wildman–Crippen LogP) is 7.75. The summed E-state index contributed by atoms with van der Waals surface area (Å²) in [7, 11) is 0. The molecule has 3 atom stereocenters. The second-order valence-corrected chi connectivity index (χ2v) is 9.02. The first-order valence-corrected chi connectivity index (χ1v) is 11.9. The lowest BCUT2D eigenvalue weighted by atomic mass is 9.78. The van der Waals surface area contributed by atoms with Crippen LogP contribution in [0.2, 0.25) is 0 Å². The Bertz CT molecular complexity index is 1170. The van der Waals surface area contributed by atoms with Crippen LogP contribution in [0.25, 0.3) is 0 Å². The van der Waals surface area contributed by atoms with Crippen LogP contribution < -0.4 is 4.90 Å². The van der Waals surface area contributed by atoms with Gasteiger partial charge in [0.05, 0.1) is 23.8 Å². The number of benzene rings is 2. The average molecular weight is 549 g/mol. The van der Waals surface area contributed by atoms with Crippen LogP contribution in [-0.2, 0) is 22.1 Å².